The van der Waals surface area contributed by atoms with Gasteiger partial charge in [0, 0.05) is 30.3 Å². The zero-order chi connectivity index (χ0) is 18.6. The Bertz CT molecular complexity index is 798. The number of benzene rings is 2. The van der Waals surface area contributed by atoms with E-state index in [4.69, 9.17) is 0 Å². The maximum Gasteiger partial charge on any atom is 0.251 e. The van der Waals surface area contributed by atoms with Crippen molar-refractivity contribution in [3.63, 3.8) is 0 Å². The van der Waals surface area contributed by atoms with E-state index in [2.05, 4.69) is 10.2 Å². The smallest absolute Gasteiger partial charge is 0.251 e. The minimum Gasteiger partial charge on any atom is -0.507 e. The number of nitrogens with one attached hydrogen (secondary N) is 1. The van der Waals surface area contributed by atoms with E-state index in [1.807, 2.05) is 36.4 Å². The summed E-state index contributed by atoms with van der Waals surface area (Å²) in [6.45, 7) is 3.03. The molecule has 27 heavy (non-hydrogen) atoms. The minimum absolute atomic E-state index is 0.0356. The van der Waals surface area contributed by atoms with Crippen LogP contribution in [0.15, 0.2) is 48.5 Å². The Balaban J connectivity index is 1.35. The number of para-hydroxylation sites is 1. The average Bonchev–Trinajstić information content (AvgIpc) is 3.38. The summed E-state index contributed by atoms with van der Waals surface area (Å²) >= 11 is 0. The van der Waals surface area contributed by atoms with Gasteiger partial charge >= 0.3 is 0 Å². The van der Waals surface area contributed by atoms with Crippen molar-refractivity contribution in [3.8, 4) is 16.9 Å². The Hall–Kier alpha value is -2.33. The van der Waals surface area contributed by atoms with Crippen LogP contribution in [-0.4, -0.2) is 41.6 Å². The Morgan fingerprint density at radius 3 is 2.70 bits per heavy atom. The lowest BCUT2D eigenvalue weighted by Crippen LogP contribution is -2.34. The molecule has 4 nitrogen and oxygen atoms in total. The topological polar surface area (TPSA) is 52.6 Å². The largest absolute Gasteiger partial charge is 0.507 e. The van der Waals surface area contributed by atoms with Gasteiger partial charge in [-0.2, -0.15) is 0 Å². The average molecular weight is 364 g/mol. The first-order valence-corrected chi connectivity index (χ1v) is 10.1. The van der Waals surface area contributed by atoms with Gasteiger partial charge in [0.25, 0.3) is 5.91 Å². The lowest BCUT2D eigenvalue weighted by Gasteiger charge is -2.23. The van der Waals surface area contributed by atoms with E-state index >= 15 is 0 Å². The number of nitrogens with zero attached hydrogens (tertiary/aromatic N) is 1. The Labute approximate surface area is 161 Å². The molecule has 142 valence electrons. The second-order valence-corrected chi connectivity index (χ2v) is 7.90. The van der Waals surface area contributed by atoms with E-state index in [-0.39, 0.29) is 11.7 Å². The fourth-order valence-electron chi connectivity index (χ4n) is 4.52. The van der Waals surface area contributed by atoms with Crippen LogP contribution >= 0.6 is 0 Å². The van der Waals surface area contributed by atoms with Crippen LogP contribution in [0.5, 0.6) is 5.75 Å². The van der Waals surface area contributed by atoms with E-state index in [1.54, 1.807) is 12.1 Å². The molecule has 1 aliphatic carbocycles. The van der Waals surface area contributed by atoms with E-state index in [1.165, 1.54) is 38.6 Å². The molecule has 1 saturated heterocycles. The van der Waals surface area contributed by atoms with Crippen molar-refractivity contribution in [2.45, 2.75) is 38.1 Å². The Morgan fingerprint density at radius 2 is 1.89 bits per heavy atom. The first-order chi connectivity index (χ1) is 13.2. The minimum atomic E-state index is -0.0356. The first-order valence-electron chi connectivity index (χ1n) is 10.1. The third kappa shape index (κ3) is 4.16. The van der Waals surface area contributed by atoms with Crippen molar-refractivity contribution in [1.29, 1.82) is 0 Å². The van der Waals surface area contributed by atoms with Gasteiger partial charge in [-0.25, -0.2) is 0 Å². The van der Waals surface area contributed by atoms with Crippen molar-refractivity contribution < 1.29 is 9.90 Å². The summed E-state index contributed by atoms with van der Waals surface area (Å²) in [6.07, 6.45) is 6.61. The molecule has 1 atom stereocenters. The zero-order valence-corrected chi connectivity index (χ0v) is 15.7. The molecule has 2 aromatic rings. The number of hydrogen-bond acceptors (Lipinski definition) is 3. The number of hydrogen-bond donors (Lipinski definition) is 2. The number of carbonyl (C=O) groups is 1. The molecule has 2 N–H and O–H groups in total. The highest BCUT2D eigenvalue weighted by atomic mass is 16.3. The van der Waals surface area contributed by atoms with Gasteiger partial charge in [-0.3, -0.25) is 4.79 Å². The van der Waals surface area contributed by atoms with Gasteiger partial charge in [-0.05, 0) is 55.5 Å². The quantitative estimate of drug-likeness (QED) is 0.841. The van der Waals surface area contributed by atoms with Crippen molar-refractivity contribution in [1.82, 2.24) is 10.2 Å². The van der Waals surface area contributed by atoms with Gasteiger partial charge in [0.2, 0.25) is 0 Å². The second kappa shape index (κ2) is 8.13. The highest BCUT2D eigenvalue weighted by Gasteiger charge is 2.29. The van der Waals surface area contributed by atoms with E-state index in [0.29, 0.717) is 11.5 Å². The monoisotopic (exact) mass is 364 g/mol. The summed E-state index contributed by atoms with van der Waals surface area (Å²) in [5.41, 5.74) is 2.24. The highest BCUT2D eigenvalue weighted by molar-refractivity contribution is 5.95. The molecule has 2 aromatic carbocycles. The van der Waals surface area contributed by atoms with Gasteiger partial charge in [-0.1, -0.05) is 43.2 Å². The molecule has 4 rings (SSSR count). The van der Waals surface area contributed by atoms with Crippen LogP contribution in [0.3, 0.4) is 0 Å². The van der Waals surface area contributed by atoms with Crippen LogP contribution in [0.25, 0.3) is 11.1 Å². The van der Waals surface area contributed by atoms with Crippen molar-refractivity contribution in [3.05, 3.63) is 54.1 Å². The molecule has 2 fully saturated rings. The van der Waals surface area contributed by atoms with Crippen molar-refractivity contribution in [2.75, 3.05) is 19.6 Å². The number of rotatable bonds is 5. The van der Waals surface area contributed by atoms with Crippen LogP contribution in [0.4, 0.5) is 0 Å². The highest BCUT2D eigenvalue weighted by Crippen LogP contribution is 2.30. The number of carbonyl (C=O) groups excluding carboxylic acids is 1. The van der Waals surface area contributed by atoms with Crippen LogP contribution in [0.2, 0.25) is 0 Å². The summed E-state index contributed by atoms with van der Waals surface area (Å²) in [6, 6.07) is 15.5. The van der Waals surface area contributed by atoms with Crippen LogP contribution in [-0.2, 0) is 0 Å². The summed E-state index contributed by atoms with van der Waals surface area (Å²) < 4.78 is 0. The molecule has 0 bridgehead atoms. The molecule has 1 saturated carbocycles. The molecule has 0 spiro atoms. The zero-order valence-electron chi connectivity index (χ0n) is 15.7. The SMILES string of the molecule is O=C(NC[C@H]1CCN(C2CCCC2)C1)c1cccc(-c2ccccc2O)c1. The molecule has 0 radical (unpaired) electrons. The molecular formula is C23H28N2O2. The molecule has 4 heteroatoms. The molecule has 0 unspecified atom stereocenters. The van der Waals surface area contributed by atoms with Crippen molar-refractivity contribution >= 4 is 5.91 Å². The van der Waals surface area contributed by atoms with Gasteiger partial charge in [0.05, 0.1) is 0 Å². The lowest BCUT2D eigenvalue weighted by atomic mass is 10.0. The Kier molecular flexibility index (Phi) is 5.44. The van der Waals surface area contributed by atoms with Crippen molar-refractivity contribution in [2.24, 2.45) is 5.92 Å². The molecular weight excluding hydrogens is 336 g/mol. The molecule has 1 aliphatic heterocycles. The number of phenols is 1. The maximum absolute atomic E-state index is 12.6. The first kappa shape index (κ1) is 18.1. The predicted octanol–water partition coefficient (Wildman–Crippen LogP) is 4.05. The van der Waals surface area contributed by atoms with Crippen LogP contribution in [0, 0.1) is 5.92 Å². The Morgan fingerprint density at radius 1 is 1.07 bits per heavy atom. The van der Waals surface area contributed by atoms with Crippen LogP contribution < -0.4 is 5.32 Å². The molecule has 1 heterocycles. The molecule has 1 amide bonds. The maximum atomic E-state index is 12.6. The third-order valence-corrected chi connectivity index (χ3v) is 6.05. The van der Waals surface area contributed by atoms with Crippen LogP contribution in [0.1, 0.15) is 42.5 Å². The predicted molar refractivity (Wildman–Crippen MR) is 108 cm³/mol. The normalized spacial score (nSPS) is 20.8. The number of phenolic OH excluding ortho intramolecular Hbond substituents is 1. The lowest BCUT2D eigenvalue weighted by molar-refractivity contribution is 0.0947. The fourth-order valence-corrected chi connectivity index (χ4v) is 4.52. The fraction of sp³-hybridized carbons (Fsp3) is 0.435. The summed E-state index contributed by atoms with van der Waals surface area (Å²) in [5, 5.41) is 13.2. The summed E-state index contributed by atoms with van der Waals surface area (Å²) in [4.78, 5) is 15.2. The van der Waals surface area contributed by atoms with E-state index < -0.39 is 0 Å². The van der Waals surface area contributed by atoms with Gasteiger partial charge in [-0.15, -0.1) is 0 Å². The summed E-state index contributed by atoms with van der Waals surface area (Å²) in [5.74, 6) is 0.746. The van der Waals surface area contributed by atoms with E-state index in [0.717, 1.165) is 30.3 Å². The van der Waals surface area contributed by atoms with E-state index in [9.17, 15) is 9.90 Å². The van der Waals surface area contributed by atoms with Gasteiger partial charge in [0.15, 0.2) is 0 Å². The third-order valence-electron chi connectivity index (χ3n) is 6.05. The molecule has 0 aromatic heterocycles. The summed E-state index contributed by atoms with van der Waals surface area (Å²) in [7, 11) is 0. The second-order valence-electron chi connectivity index (χ2n) is 7.90. The number of amides is 1. The van der Waals surface area contributed by atoms with Gasteiger partial charge in [0.1, 0.15) is 5.75 Å². The number of likely N-dealkylation sites (tertiary alicyclic amines) is 1. The number of aromatic hydroxyl groups is 1. The molecule has 2 aliphatic rings. The van der Waals surface area contributed by atoms with Gasteiger partial charge < -0.3 is 15.3 Å². The standard InChI is InChI=1S/C23H28N2O2/c26-22-11-4-3-10-21(22)18-6-5-7-19(14-18)23(27)24-15-17-12-13-25(16-17)20-8-1-2-9-20/h3-7,10-11,14,17,20,26H,1-2,8-9,12-13,15-16H2,(H,24,27)/t17-/m1/s1.